The van der Waals surface area contributed by atoms with Crippen molar-refractivity contribution in [2.45, 2.75) is 32.0 Å². The molecule has 0 aromatic carbocycles. The van der Waals surface area contributed by atoms with Crippen LogP contribution in [0.1, 0.15) is 25.3 Å². The van der Waals surface area contributed by atoms with E-state index in [9.17, 15) is 13.2 Å². The maximum atomic E-state index is 12.4. The molecule has 1 atom stereocenters. The average Bonchev–Trinajstić information content (AvgIpc) is 2.81. The van der Waals surface area contributed by atoms with E-state index in [1.54, 1.807) is 0 Å². The summed E-state index contributed by atoms with van der Waals surface area (Å²) in [5.41, 5.74) is -0.717. The zero-order chi connectivity index (χ0) is 13.9. The second kappa shape index (κ2) is 5.77. The molecule has 1 unspecified atom stereocenters. The van der Waals surface area contributed by atoms with Gasteiger partial charge in [-0.1, -0.05) is 0 Å². The molecule has 3 nitrogen and oxygen atoms in total. The molecule has 1 aliphatic heterocycles. The molecule has 1 aromatic heterocycles. The van der Waals surface area contributed by atoms with Crippen LogP contribution in [0.2, 0.25) is 0 Å². The normalized spacial score (nSPS) is 18.5. The van der Waals surface area contributed by atoms with Crippen LogP contribution >= 0.6 is 0 Å². The van der Waals surface area contributed by atoms with Gasteiger partial charge in [0.25, 0.3) is 0 Å². The van der Waals surface area contributed by atoms with Crippen molar-refractivity contribution >= 4 is 5.82 Å². The van der Waals surface area contributed by atoms with E-state index >= 15 is 0 Å². The molecule has 106 valence electrons. The van der Waals surface area contributed by atoms with Gasteiger partial charge in [0.1, 0.15) is 5.82 Å². The van der Waals surface area contributed by atoms with Gasteiger partial charge in [0.2, 0.25) is 0 Å². The van der Waals surface area contributed by atoms with Gasteiger partial charge in [-0.25, -0.2) is 4.98 Å². The van der Waals surface area contributed by atoms with E-state index in [2.05, 4.69) is 15.2 Å². The molecule has 6 heteroatoms. The molecule has 2 rings (SSSR count). The highest BCUT2D eigenvalue weighted by atomic mass is 19.4. The van der Waals surface area contributed by atoms with Gasteiger partial charge in [-0.3, -0.25) is 0 Å². The third-order valence-electron chi connectivity index (χ3n) is 3.22. The van der Waals surface area contributed by atoms with Crippen molar-refractivity contribution in [2.24, 2.45) is 0 Å². The molecule has 0 spiro atoms. The fourth-order valence-electron chi connectivity index (χ4n) is 2.30. The molecule has 1 N–H and O–H groups in total. The highest BCUT2D eigenvalue weighted by Gasteiger charge is 2.30. The lowest BCUT2D eigenvalue weighted by molar-refractivity contribution is -0.137. The predicted octanol–water partition coefficient (Wildman–Crippen LogP) is 3.00. The summed E-state index contributed by atoms with van der Waals surface area (Å²) in [4.78, 5) is 6.16. The van der Waals surface area contributed by atoms with Gasteiger partial charge in [-0.15, -0.1) is 0 Å². The molecule has 0 bridgehead atoms. The molecule has 0 saturated carbocycles. The van der Waals surface area contributed by atoms with Gasteiger partial charge < -0.3 is 10.2 Å². The van der Waals surface area contributed by atoms with E-state index in [0.29, 0.717) is 5.82 Å². The lowest BCUT2D eigenvalue weighted by Gasteiger charge is -2.21. The Kier molecular flexibility index (Phi) is 4.29. The van der Waals surface area contributed by atoms with Gasteiger partial charge in [0, 0.05) is 18.8 Å². The first-order valence-electron chi connectivity index (χ1n) is 6.47. The van der Waals surface area contributed by atoms with Crippen LogP contribution in [-0.2, 0) is 6.18 Å². The Bertz CT molecular complexity index is 397. The molecule has 1 aliphatic rings. The van der Waals surface area contributed by atoms with E-state index in [1.165, 1.54) is 18.9 Å². The summed E-state index contributed by atoms with van der Waals surface area (Å²) in [5, 5.41) is 3.13. The fraction of sp³-hybridized carbons (Fsp3) is 0.615. The smallest absolute Gasteiger partial charge is 0.366 e. The van der Waals surface area contributed by atoms with E-state index in [1.807, 2.05) is 6.92 Å². The number of pyridine rings is 1. The quantitative estimate of drug-likeness (QED) is 0.914. The number of alkyl halides is 3. The SMILES string of the molecule is CC(CN1CCCC1)Nc1ccc(C(F)(F)F)cn1. The third-order valence-corrected chi connectivity index (χ3v) is 3.22. The number of rotatable bonds is 4. The van der Waals surface area contributed by atoms with Crippen molar-refractivity contribution < 1.29 is 13.2 Å². The largest absolute Gasteiger partial charge is 0.417 e. The van der Waals surface area contributed by atoms with E-state index in [4.69, 9.17) is 0 Å². The molecule has 1 aromatic rings. The van der Waals surface area contributed by atoms with Crippen molar-refractivity contribution in [3.05, 3.63) is 23.9 Å². The number of aromatic nitrogens is 1. The summed E-state index contributed by atoms with van der Waals surface area (Å²) in [6.07, 6.45) is -1.01. The van der Waals surface area contributed by atoms with E-state index in [0.717, 1.165) is 31.9 Å². The monoisotopic (exact) mass is 273 g/mol. The number of likely N-dealkylation sites (tertiary alicyclic amines) is 1. The standard InChI is InChI=1S/C13H18F3N3/c1-10(9-19-6-2-3-7-19)18-12-5-4-11(8-17-12)13(14,15)16/h4-5,8,10H,2-3,6-7,9H2,1H3,(H,17,18). The third kappa shape index (κ3) is 4.09. The lowest BCUT2D eigenvalue weighted by Crippen LogP contribution is -2.33. The second-order valence-corrected chi connectivity index (χ2v) is 4.98. The summed E-state index contributed by atoms with van der Waals surface area (Å²) in [5.74, 6) is 0.486. The molecule has 1 fully saturated rings. The van der Waals surface area contributed by atoms with Crippen molar-refractivity contribution in [2.75, 3.05) is 25.0 Å². The van der Waals surface area contributed by atoms with Gasteiger partial charge >= 0.3 is 6.18 Å². The van der Waals surface area contributed by atoms with Crippen molar-refractivity contribution in [1.82, 2.24) is 9.88 Å². The van der Waals surface area contributed by atoms with Crippen LogP contribution in [0.25, 0.3) is 0 Å². The minimum atomic E-state index is -4.33. The van der Waals surface area contributed by atoms with Crippen LogP contribution in [0, 0.1) is 0 Å². The Morgan fingerprint density at radius 1 is 1.32 bits per heavy atom. The van der Waals surface area contributed by atoms with Crippen LogP contribution in [0.5, 0.6) is 0 Å². The summed E-state index contributed by atoms with van der Waals surface area (Å²) in [7, 11) is 0. The van der Waals surface area contributed by atoms with E-state index in [-0.39, 0.29) is 6.04 Å². The zero-order valence-electron chi connectivity index (χ0n) is 10.9. The van der Waals surface area contributed by atoms with Crippen molar-refractivity contribution in [1.29, 1.82) is 0 Å². The number of anilines is 1. The Morgan fingerprint density at radius 3 is 2.53 bits per heavy atom. The minimum Gasteiger partial charge on any atom is -0.366 e. The summed E-state index contributed by atoms with van der Waals surface area (Å²) in [6, 6.07) is 2.60. The summed E-state index contributed by atoms with van der Waals surface area (Å²) >= 11 is 0. The Labute approximate surface area is 110 Å². The van der Waals surface area contributed by atoms with Crippen LogP contribution < -0.4 is 5.32 Å². The summed E-state index contributed by atoms with van der Waals surface area (Å²) < 4.78 is 37.2. The Hall–Kier alpha value is -1.30. The van der Waals surface area contributed by atoms with E-state index < -0.39 is 11.7 Å². The van der Waals surface area contributed by atoms with Gasteiger partial charge in [0.05, 0.1) is 5.56 Å². The zero-order valence-corrected chi connectivity index (χ0v) is 10.9. The van der Waals surface area contributed by atoms with Gasteiger partial charge in [-0.05, 0) is 45.0 Å². The summed E-state index contributed by atoms with van der Waals surface area (Å²) in [6.45, 7) is 5.11. The first kappa shape index (κ1) is 14.1. The first-order chi connectivity index (χ1) is 8.95. The lowest BCUT2D eigenvalue weighted by atomic mass is 10.2. The predicted molar refractivity (Wildman–Crippen MR) is 68.0 cm³/mol. The van der Waals surface area contributed by atoms with Gasteiger partial charge in [-0.2, -0.15) is 13.2 Å². The highest BCUT2D eigenvalue weighted by Crippen LogP contribution is 2.28. The van der Waals surface area contributed by atoms with Crippen molar-refractivity contribution in [3.8, 4) is 0 Å². The second-order valence-electron chi connectivity index (χ2n) is 4.98. The number of halogens is 3. The van der Waals surface area contributed by atoms with Gasteiger partial charge in [0.15, 0.2) is 0 Å². The molecule has 19 heavy (non-hydrogen) atoms. The van der Waals surface area contributed by atoms with Crippen LogP contribution in [0.15, 0.2) is 18.3 Å². The molecule has 0 radical (unpaired) electrons. The van der Waals surface area contributed by atoms with Crippen LogP contribution in [0.4, 0.5) is 19.0 Å². The maximum Gasteiger partial charge on any atom is 0.417 e. The number of hydrogen-bond acceptors (Lipinski definition) is 3. The average molecular weight is 273 g/mol. The maximum absolute atomic E-state index is 12.4. The highest BCUT2D eigenvalue weighted by molar-refractivity contribution is 5.37. The number of nitrogens with zero attached hydrogens (tertiary/aromatic N) is 2. The molecule has 0 aliphatic carbocycles. The van der Waals surface area contributed by atoms with Crippen LogP contribution in [-0.4, -0.2) is 35.6 Å². The molecular weight excluding hydrogens is 255 g/mol. The first-order valence-corrected chi connectivity index (χ1v) is 6.47. The number of nitrogens with one attached hydrogen (secondary N) is 1. The fourth-order valence-corrected chi connectivity index (χ4v) is 2.30. The molecule has 1 saturated heterocycles. The topological polar surface area (TPSA) is 28.2 Å². The molecule has 2 heterocycles. The Morgan fingerprint density at radius 2 is 2.00 bits per heavy atom. The minimum absolute atomic E-state index is 0.169. The number of hydrogen-bond donors (Lipinski definition) is 1. The molecular formula is C13H18F3N3. The molecule has 0 amide bonds. The van der Waals surface area contributed by atoms with Crippen LogP contribution in [0.3, 0.4) is 0 Å². The Balaban J connectivity index is 1.88. The van der Waals surface area contributed by atoms with Crippen molar-refractivity contribution in [3.63, 3.8) is 0 Å².